The first-order valence-corrected chi connectivity index (χ1v) is 17.2. The van der Waals surface area contributed by atoms with Crippen molar-refractivity contribution in [3.05, 3.63) is 71.3 Å². The van der Waals surface area contributed by atoms with Gasteiger partial charge in [0.25, 0.3) is 0 Å². The van der Waals surface area contributed by atoms with Crippen LogP contribution in [0.3, 0.4) is 0 Å². The van der Waals surface area contributed by atoms with Gasteiger partial charge in [0.1, 0.15) is 12.1 Å². The van der Waals surface area contributed by atoms with Gasteiger partial charge < -0.3 is 15.5 Å². The summed E-state index contributed by atoms with van der Waals surface area (Å²) >= 11 is 0. The maximum absolute atomic E-state index is 13.9. The second kappa shape index (κ2) is 13.3. The Morgan fingerprint density at radius 1 is 1.14 bits per heavy atom. The maximum Gasteiger partial charge on any atom is 0.240 e. The smallest absolute Gasteiger partial charge is 0.240 e. The molecule has 1 amide bonds. The lowest BCUT2D eigenvalue weighted by molar-refractivity contribution is -0.183. The first-order valence-electron chi connectivity index (χ1n) is 15.5. The van der Waals surface area contributed by atoms with Crippen molar-refractivity contribution in [2.75, 3.05) is 13.2 Å². The Morgan fingerprint density at radius 2 is 1.86 bits per heavy atom. The normalized spacial score (nSPS) is 30.1. The Hall–Kier alpha value is -2.78. The Morgan fingerprint density at radius 3 is 2.52 bits per heavy atom. The van der Waals surface area contributed by atoms with E-state index in [2.05, 4.69) is 42.7 Å². The molecule has 4 aliphatic rings. The van der Waals surface area contributed by atoms with E-state index in [9.17, 15) is 23.4 Å². The van der Waals surface area contributed by atoms with Gasteiger partial charge in [-0.3, -0.25) is 9.63 Å². The summed E-state index contributed by atoms with van der Waals surface area (Å²) in [7, 11) is -3.52. The molecule has 8 atom stereocenters. The summed E-state index contributed by atoms with van der Waals surface area (Å²) < 4.78 is 27.3. The number of carbonyl (C=O) groups excluding carboxylic acids is 1. The van der Waals surface area contributed by atoms with Gasteiger partial charge in [0.15, 0.2) is 0 Å². The molecule has 0 radical (unpaired) electrons. The monoisotopic (exact) mass is 623 g/mol. The van der Waals surface area contributed by atoms with Crippen molar-refractivity contribution in [2.24, 2.45) is 29.1 Å². The van der Waals surface area contributed by atoms with E-state index < -0.39 is 34.2 Å². The summed E-state index contributed by atoms with van der Waals surface area (Å²) in [6, 6.07) is 15.7. The molecule has 4 fully saturated rings. The molecule has 0 unspecified atom stereocenters. The van der Waals surface area contributed by atoms with Crippen LogP contribution in [0.1, 0.15) is 57.2 Å². The highest BCUT2D eigenvalue weighted by atomic mass is 32.2. The van der Waals surface area contributed by atoms with Crippen molar-refractivity contribution in [3.8, 4) is 11.8 Å². The Labute approximate surface area is 261 Å². The number of nitrogens with one attached hydrogen (secondary N) is 2. The van der Waals surface area contributed by atoms with Gasteiger partial charge >= 0.3 is 0 Å². The molecule has 3 aliphatic carbocycles. The number of nitrogens with zero attached hydrogens (tertiary/aromatic N) is 1. The average Bonchev–Trinajstić information content (AvgIpc) is 3.35. The highest BCUT2D eigenvalue weighted by molar-refractivity contribution is 7.88. The van der Waals surface area contributed by atoms with E-state index in [-0.39, 0.29) is 37.4 Å². The maximum atomic E-state index is 13.9. The zero-order valence-electron chi connectivity index (χ0n) is 25.9. The second-order valence-corrected chi connectivity index (χ2v) is 15.1. The molecule has 0 aromatic heterocycles. The third-order valence-corrected chi connectivity index (χ3v) is 11.4. The van der Waals surface area contributed by atoms with Gasteiger partial charge in [0.05, 0.1) is 31.6 Å². The van der Waals surface area contributed by atoms with Gasteiger partial charge in [0, 0.05) is 17.5 Å². The number of benzene rings is 2. The molecule has 0 spiro atoms. The van der Waals surface area contributed by atoms with Gasteiger partial charge in [-0.25, -0.2) is 13.1 Å². The molecule has 2 bridgehead atoms. The molecular formula is C34H45N3O6S. The van der Waals surface area contributed by atoms with E-state index in [1.165, 1.54) is 6.42 Å². The summed E-state index contributed by atoms with van der Waals surface area (Å²) in [5.74, 6) is 6.49. The van der Waals surface area contributed by atoms with Gasteiger partial charge in [-0.05, 0) is 66.2 Å². The van der Waals surface area contributed by atoms with Gasteiger partial charge in [-0.1, -0.05) is 75.1 Å². The third-order valence-electron chi connectivity index (χ3n) is 10.1. The number of sulfonamides is 1. The predicted octanol–water partition coefficient (Wildman–Crippen LogP) is 2.82. The number of rotatable bonds is 10. The van der Waals surface area contributed by atoms with Crippen LogP contribution in [0.5, 0.6) is 0 Å². The lowest BCUT2D eigenvalue weighted by Crippen LogP contribution is -2.62. The molecule has 3 saturated carbocycles. The Kier molecular flexibility index (Phi) is 9.85. The predicted molar refractivity (Wildman–Crippen MR) is 168 cm³/mol. The number of hydrogen-bond donors (Lipinski definition) is 4. The molecule has 10 heteroatoms. The number of amides is 1. The molecular weight excluding hydrogens is 578 g/mol. The summed E-state index contributed by atoms with van der Waals surface area (Å²) in [6.45, 7) is 8.40. The summed E-state index contributed by atoms with van der Waals surface area (Å²) in [6.07, 6.45) is 0.567. The van der Waals surface area contributed by atoms with Gasteiger partial charge in [-0.2, -0.15) is 5.06 Å². The summed E-state index contributed by atoms with van der Waals surface area (Å²) in [4.78, 5) is 19.9. The fourth-order valence-electron chi connectivity index (χ4n) is 7.55. The highest BCUT2D eigenvalue weighted by Gasteiger charge is 2.57. The lowest BCUT2D eigenvalue weighted by Gasteiger charge is -2.62. The van der Waals surface area contributed by atoms with E-state index in [0.29, 0.717) is 34.3 Å². The molecule has 1 aliphatic heterocycles. The minimum absolute atomic E-state index is 0.0242. The van der Waals surface area contributed by atoms with E-state index in [1.807, 2.05) is 30.3 Å². The van der Waals surface area contributed by atoms with Crippen LogP contribution in [-0.2, 0) is 32.0 Å². The topological polar surface area (TPSA) is 128 Å². The van der Waals surface area contributed by atoms with Crippen LogP contribution < -0.4 is 10.0 Å². The molecule has 9 nitrogen and oxygen atoms in total. The van der Waals surface area contributed by atoms with E-state index in [1.54, 1.807) is 36.3 Å². The van der Waals surface area contributed by atoms with Gasteiger partial charge in [0.2, 0.25) is 15.9 Å². The number of aliphatic hydroxyl groups excluding tert-OH is 2. The molecule has 2 aromatic carbocycles. The molecule has 1 heterocycles. The standard InChI is InChI=1S/C34H45N3O6S/c1-22-28-17-27(34(28,3)4)18-29(22)36-33(40)32-31(23(2)39)30(20-38)43-37(32)19-26-13-8-12-24(16-26)14-9-15-35-44(41,42)21-25-10-6-5-7-11-25/h5-8,10-13,16,22-23,27-32,35,38-39H,15,17-21H2,1-4H3,(H,36,40)/t22-,23-,27+,28-,29-,30-,31+,32-/m0/s1. The van der Waals surface area contributed by atoms with Crippen LogP contribution in [0, 0.1) is 40.9 Å². The Bertz CT molecular complexity index is 1490. The first-order chi connectivity index (χ1) is 20.9. The van der Waals surface area contributed by atoms with Crippen molar-refractivity contribution in [1.82, 2.24) is 15.1 Å². The van der Waals surface area contributed by atoms with Crippen LogP contribution in [0.25, 0.3) is 0 Å². The number of carbonyl (C=O) groups is 1. The Balaban J connectivity index is 1.25. The largest absolute Gasteiger partial charge is 0.394 e. The average molecular weight is 624 g/mol. The molecule has 6 rings (SSSR count). The van der Waals surface area contributed by atoms with Crippen molar-refractivity contribution in [3.63, 3.8) is 0 Å². The fraction of sp³-hybridized carbons (Fsp3) is 0.559. The van der Waals surface area contributed by atoms with Crippen molar-refractivity contribution < 1.29 is 28.3 Å². The number of hydroxylamine groups is 2. The lowest BCUT2D eigenvalue weighted by atomic mass is 9.45. The zero-order valence-corrected chi connectivity index (χ0v) is 26.8. The molecule has 238 valence electrons. The van der Waals surface area contributed by atoms with Crippen LogP contribution in [0.4, 0.5) is 0 Å². The summed E-state index contributed by atoms with van der Waals surface area (Å²) in [5, 5.41) is 25.6. The number of aliphatic hydroxyl groups is 2. The van der Waals surface area contributed by atoms with E-state index in [4.69, 9.17) is 4.84 Å². The molecule has 44 heavy (non-hydrogen) atoms. The minimum Gasteiger partial charge on any atom is -0.394 e. The van der Waals surface area contributed by atoms with Crippen molar-refractivity contribution in [1.29, 1.82) is 0 Å². The van der Waals surface area contributed by atoms with Crippen molar-refractivity contribution >= 4 is 15.9 Å². The molecule has 2 aromatic rings. The van der Waals surface area contributed by atoms with E-state index in [0.717, 1.165) is 12.0 Å². The molecule has 1 saturated heterocycles. The second-order valence-electron chi connectivity index (χ2n) is 13.3. The summed E-state index contributed by atoms with van der Waals surface area (Å²) in [5.41, 5.74) is 2.52. The van der Waals surface area contributed by atoms with Crippen LogP contribution in [-0.4, -0.2) is 67.0 Å². The van der Waals surface area contributed by atoms with Crippen LogP contribution in [0.2, 0.25) is 0 Å². The highest BCUT2D eigenvalue weighted by Crippen LogP contribution is 2.61. The van der Waals surface area contributed by atoms with Crippen LogP contribution in [0.15, 0.2) is 54.6 Å². The quantitative estimate of drug-likeness (QED) is 0.300. The van der Waals surface area contributed by atoms with Crippen LogP contribution >= 0.6 is 0 Å². The minimum atomic E-state index is -3.52. The SMILES string of the molecule is C[C@@H]1[C@@H](NC(=O)[C@@H]2[C@H]([C@H](C)O)[C@H](CO)ON2Cc2cccc(C#CCNS(=O)(=O)Cc3ccccc3)c2)C[C@H]2C[C@@H]1C2(C)C. The van der Waals surface area contributed by atoms with E-state index >= 15 is 0 Å². The first kappa shape index (κ1) is 32.6. The molecule has 4 N–H and O–H groups in total. The fourth-order valence-corrected chi connectivity index (χ4v) is 8.57. The number of hydrogen-bond acceptors (Lipinski definition) is 7. The van der Waals surface area contributed by atoms with Gasteiger partial charge in [-0.15, -0.1) is 0 Å². The number of fused-ring (bicyclic) bond motifs is 2. The van der Waals surface area contributed by atoms with Crippen molar-refractivity contribution in [2.45, 2.75) is 77.1 Å². The zero-order chi connectivity index (χ0) is 31.6. The third kappa shape index (κ3) is 7.04.